The second-order valence-corrected chi connectivity index (χ2v) is 3.75. The van der Waals surface area contributed by atoms with Crippen molar-refractivity contribution in [1.82, 2.24) is 4.90 Å². The standard InChI is InChI=1S/C12H15NO5/c1-13(2)11(14)7-18-9-5-4-8(12(15)16)6-10(9)17-3/h4-6H,7H2,1-3H3,(H,15,16). The van der Waals surface area contributed by atoms with E-state index in [0.29, 0.717) is 5.75 Å². The van der Waals surface area contributed by atoms with E-state index in [0.717, 1.165) is 0 Å². The van der Waals surface area contributed by atoms with Crippen LogP contribution >= 0.6 is 0 Å². The Morgan fingerprint density at radius 1 is 1.28 bits per heavy atom. The minimum absolute atomic E-state index is 0.0955. The average molecular weight is 253 g/mol. The van der Waals surface area contributed by atoms with Gasteiger partial charge < -0.3 is 19.5 Å². The Bertz CT molecular complexity index is 456. The maximum atomic E-state index is 11.4. The molecule has 0 saturated heterocycles. The molecule has 0 aliphatic carbocycles. The SMILES string of the molecule is COc1cc(C(=O)O)ccc1OCC(=O)N(C)C. The highest BCUT2D eigenvalue weighted by atomic mass is 16.5. The van der Waals surface area contributed by atoms with Crippen molar-refractivity contribution in [2.24, 2.45) is 0 Å². The van der Waals surface area contributed by atoms with Gasteiger partial charge in [-0.2, -0.15) is 0 Å². The molecule has 6 nitrogen and oxygen atoms in total. The third-order valence-corrected chi connectivity index (χ3v) is 2.26. The highest BCUT2D eigenvalue weighted by molar-refractivity contribution is 5.88. The lowest BCUT2D eigenvalue weighted by Gasteiger charge is -2.13. The van der Waals surface area contributed by atoms with E-state index in [2.05, 4.69) is 0 Å². The van der Waals surface area contributed by atoms with Gasteiger partial charge >= 0.3 is 5.97 Å². The van der Waals surface area contributed by atoms with Gasteiger partial charge in [0.25, 0.3) is 5.91 Å². The number of ether oxygens (including phenoxy) is 2. The molecule has 1 rings (SSSR count). The minimum Gasteiger partial charge on any atom is -0.493 e. The molecule has 0 fully saturated rings. The molecule has 1 aromatic rings. The van der Waals surface area contributed by atoms with Gasteiger partial charge in [0, 0.05) is 14.1 Å². The molecule has 0 bridgehead atoms. The number of benzene rings is 1. The second kappa shape index (κ2) is 5.90. The summed E-state index contributed by atoms with van der Waals surface area (Å²) in [4.78, 5) is 23.5. The molecule has 0 unspecified atom stereocenters. The summed E-state index contributed by atoms with van der Waals surface area (Å²) in [6.45, 7) is -0.129. The number of aromatic carboxylic acids is 1. The molecule has 0 aromatic heterocycles. The number of rotatable bonds is 5. The van der Waals surface area contributed by atoms with Gasteiger partial charge in [0.2, 0.25) is 0 Å². The Morgan fingerprint density at radius 2 is 1.94 bits per heavy atom. The van der Waals surface area contributed by atoms with Gasteiger partial charge in [-0.1, -0.05) is 0 Å². The summed E-state index contributed by atoms with van der Waals surface area (Å²) < 4.78 is 10.3. The van der Waals surface area contributed by atoms with E-state index >= 15 is 0 Å². The summed E-state index contributed by atoms with van der Waals surface area (Å²) in [5.74, 6) is -0.636. The zero-order chi connectivity index (χ0) is 13.7. The van der Waals surface area contributed by atoms with E-state index < -0.39 is 5.97 Å². The van der Waals surface area contributed by atoms with Gasteiger partial charge in [0.1, 0.15) is 0 Å². The van der Waals surface area contributed by atoms with E-state index in [-0.39, 0.29) is 23.8 Å². The smallest absolute Gasteiger partial charge is 0.335 e. The quantitative estimate of drug-likeness (QED) is 0.842. The van der Waals surface area contributed by atoms with Crippen LogP contribution in [0.1, 0.15) is 10.4 Å². The minimum atomic E-state index is -1.05. The lowest BCUT2D eigenvalue weighted by atomic mass is 10.2. The van der Waals surface area contributed by atoms with E-state index in [1.165, 1.54) is 30.2 Å². The first-order valence-corrected chi connectivity index (χ1v) is 5.20. The predicted molar refractivity (Wildman–Crippen MR) is 64.1 cm³/mol. The van der Waals surface area contributed by atoms with Crippen LogP contribution < -0.4 is 9.47 Å². The third-order valence-electron chi connectivity index (χ3n) is 2.26. The van der Waals surface area contributed by atoms with Crippen LogP contribution in [-0.4, -0.2) is 49.7 Å². The molecule has 0 radical (unpaired) electrons. The van der Waals surface area contributed by atoms with Crippen molar-refractivity contribution in [3.63, 3.8) is 0 Å². The fraction of sp³-hybridized carbons (Fsp3) is 0.333. The Hall–Kier alpha value is -2.24. The number of hydrogen-bond donors (Lipinski definition) is 1. The fourth-order valence-corrected chi connectivity index (χ4v) is 1.19. The highest BCUT2D eigenvalue weighted by Crippen LogP contribution is 2.28. The molecule has 98 valence electrons. The largest absolute Gasteiger partial charge is 0.493 e. The molecule has 1 amide bonds. The maximum Gasteiger partial charge on any atom is 0.335 e. The van der Waals surface area contributed by atoms with Crippen molar-refractivity contribution in [1.29, 1.82) is 0 Å². The van der Waals surface area contributed by atoms with E-state index in [9.17, 15) is 9.59 Å². The molecule has 6 heteroatoms. The Labute approximate surface area is 105 Å². The Balaban J connectivity index is 2.83. The van der Waals surface area contributed by atoms with Gasteiger partial charge in [-0.05, 0) is 18.2 Å². The van der Waals surface area contributed by atoms with Crippen molar-refractivity contribution in [3.8, 4) is 11.5 Å². The molecule has 0 aliphatic rings. The molecule has 0 saturated carbocycles. The lowest BCUT2D eigenvalue weighted by molar-refractivity contribution is -0.130. The van der Waals surface area contributed by atoms with Gasteiger partial charge in [0.05, 0.1) is 12.7 Å². The molecule has 1 aromatic carbocycles. The molecule has 0 aliphatic heterocycles. The normalized spacial score (nSPS) is 9.72. The van der Waals surface area contributed by atoms with Crippen molar-refractivity contribution in [3.05, 3.63) is 23.8 Å². The van der Waals surface area contributed by atoms with Gasteiger partial charge in [-0.25, -0.2) is 4.79 Å². The predicted octanol–water partition coefficient (Wildman–Crippen LogP) is 0.860. The van der Waals surface area contributed by atoms with Gasteiger partial charge in [0.15, 0.2) is 18.1 Å². The highest BCUT2D eigenvalue weighted by Gasteiger charge is 2.12. The first-order valence-electron chi connectivity index (χ1n) is 5.20. The number of carboxylic acids is 1. The third kappa shape index (κ3) is 3.38. The summed E-state index contributed by atoms with van der Waals surface area (Å²) in [6, 6.07) is 4.20. The number of carboxylic acid groups (broad SMARTS) is 1. The van der Waals surface area contributed by atoms with Crippen LogP contribution in [-0.2, 0) is 4.79 Å². The summed E-state index contributed by atoms with van der Waals surface area (Å²) in [5, 5.41) is 8.83. The molecule has 1 N–H and O–H groups in total. The van der Waals surface area contributed by atoms with Gasteiger partial charge in [-0.15, -0.1) is 0 Å². The van der Waals surface area contributed by atoms with Crippen LogP contribution in [0.3, 0.4) is 0 Å². The van der Waals surface area contributed by atoms with Crippen molar-refractivity contribution in [2.45, 2.75) is 0 Å². The monoisotopic (exact) mass is 253 g/mol. The maximum absolute atomic E-state index is 11.4. The first-order chi connectivity index (χ1) is 8.45. The number of amides is 1. The van der Waals surface area contributed by atoms with Crippen molar-refractivity contribution < 1.29 is 24.2 Å². The van der Waals surface area contributed by atoms with Crippen LogP contribution in [0.4, 0.5) is 0 Å². The molecule has 0 heterocycles. The van der Waals surface area contributed by atoms with Gasteiger partial charge in [-0.3, -0.25) is 4.79 Å². The summed E-state index contributed by atoms with van der Waals surface area (Å²) >= 11 is 0. The zero-order valence-corrected chi connectivity index (χ0v) is 10.5. The van der Waals surface area contributed by atoms with Crippen LogP contribution in [0.5, 0.6) is 11.5 Å². The van der Waals surface area contributed by atoms with Crippen LogP contribution in [0.2, 0.25) is 0 Å². The molecular weight excluding hydrogens is 238 g/mol. The number of carbonyl (C=O) groups excluding carboxylic acids is 1. The number of nitrogens with zero attached hydrogens (tertiary/aromatic N) is 1. The Kier molecular flexibility index (Phi) is 4.53. The van der Waals surface area contributed by atoms with Crippen molar-refractivity contribution in [2.75, 3.05) is 27.8 Å². The number of likely N-dealkylation sites (N-methyl/N-ethyl adjacent to an activating group) is 1. The zero-order valence-electron chi connectivity index (χ0n) is 10.5. The second-order valence-electron chi connectivity index (χ2n) is 3.75. The summed E-state index contributed by atoms with van der Waals surface area (Å²) in [5.41, 5.74) is 0.0955. The summed E-state index contributed by atoms with van der Waals surface area (Å²) in [7, 11) is 4.65. The molecule has 18 heavy (non-hydrogen) atoms. The number of hydrogen-bond acceptors (Lipinski definition) is 4. The summed E-state index contributed by atoms with van der Waals surface area (Å²) in [6.07, 6.45) is 0. The lowest BCUT2D eigenvalue weighted by Crippen LogP contribution is -2.27. The Morgan fingerprint density at radius 3 is 2.44 bits per heavy atom. The number of methoxy groups -OCH3 is 1. The average Bonchev–Trinajstić information content (AvgIpc) is 2.35. The van der Waals surface area contributed by atoms with E-state index in [1.54, 1.807) is 14.1 Å². The van der Waals surface area contributed by atoms with Crippen LogP contribution in [0.25, 0.3) is 0 Å². The van der Waals surface area contributed by atoms with Crippen LogP contribution in [0, 0.1) is 0 Å². The molecular formula is C12H15NO5. The first kappa shape index (κ1) is 13.8. The van der Waals surface area contributed by atoms with E-state index in [1.807, 2.05) is 0 Å². The van der Waals surface area contributed by atoms with Crippen LogP contribution in [0.15, 0.2) is 18.2 Å². The fourth-order valence-electron chi connectivity index (χ4n) is 1.19. The topological polar surface area (TPSA) is 76.1 Å². The molecule has 0 atom stereocenters. The molecule has 0 spiro atoms. The van der Waals surface area contributed by atoms with E-state index in [4.69, 9.17) is 14.6 Å². The van der Waals surface area contributed by atoms with Crippen molar-refractivity contribution >= 4 is 11.9 Å². The number of carbonyl (C=O) groups is 2.